The lowest BCUT2D eigenvalue weighted by Crippen LogP contribution is -2.42. The van der Waals surface area contributed by atoms with Crippen LogP contribution in [-0.2, 0) is 0 Å². The molecule has 1 fully saturated rings. The SMILES string of the molecule is Cc1nc(Nc2cc(N[C@@H]3CCCC[C@@H]3N)cnc2C(N)=O)ccc1-c1cncnc1. The molecule has 1 aliphatic carbocycles. The van der Waals surface area contributed by atoms with Crippen LogP contribution in [0.1, 0.15) is 41.9 Å². The lowest BCUT2D eigenvalue weighted by molar-refractivity contribution is 0.0996. The van der Waals surface area contributed by atoms with Gasteiger partial charge in [0, 0.05) is 41.3 Å². The first kappa shape index (κ1) is 20.7. The van der Waals surface area contributed by atoms with Crippen molar-refractivity contribution in [2.24, 2.45) is 11.5 Å². The Morgan fingerprint density at radius 1 is 1.13 bits per heavy atom. The molecule has 3 aromatic rings. The van der Waals surface area contributed by atoms with Gasteiger partial charge in [-0.25, -0.2) is 19.9 Å². The van der Waals surface area contributed by atoms with Crippen molar-refractivity contribution < 1.29 is 4.79 Å². The molecule has 0 bridgehead atoms. The fraction of sp³-hybridized carbons (Fsp3) is 0.318. The highest BCUT2D eigenvalue weighted by atomic mass is 16.1. The zero-order valence-electron chi connectivity index (χ0n) is 17.4. The van der Waals surface area contributed by atoms with Gasteiger partial charge in [-0.2, -0.15) is 0 Å². The van der Waals surface area contributed by atoms with E-state index in [0.29, 0.717) is 11.5 Å². The fourth-order valence-electron chi connectivity index (χ4n) is 3.90. The Morgan fingerprint density at radius 3 is 2.61 bits per heavy atom. The molecule has 6 N–H and O–H groups in total. The first-order chi connectivity index (χ1) is 15.0. The third-order valence-corrected chi connectivity index (χ3v) is 5.51. The summed E-state index contributed by atoms with van der Waals surface area (Å²) in [4.78, 5) is 28.9. The maximum atomic E-state index is 11.9. The van der Waals surface area contributed by atoms with E-state index in [1.54, 1.807) is 18.6 Å². The van der Waals surface area contributed by atoms with Crippen LogP contribution in [-0.4, -0.2) is 37.9 Å². The molecule has 0 saturated heterocycles. The second-order valence-corrected chi connectivity index (χ2v) is 7.77. The number of carbonyl (C=O) groups is 1. The minimum atomic E-state index is -0.613. The number of aromatic nitrogens is 4. The van der Waals surface area contributed by atoms with Gasteiger partial charge in [0.2, 0.25) is 0 Å². The molecule has 3 heterocycles. The van der Waals surface area contributed by atoms with E-state index in [1.807, 2.05) is 25.1 Å². The van der Waals surface area contributed by atoms with Gasteiger partial charge in [-0.05, 0) is 38.0 Å². The highest BCUT2D eigenvalue weighted by Gasteiger charge is 2.22. The Balaban J connectivity index is 1.59. The number of primary amides is 1. The first-order valence-electron chi connectivity index (χ1n) is 10.3. The molecule has 0 aromatic carbocycles. The topological polar surface area (TPSA) is 145 Å². The Morgan fingerprint density at radius 2 is 1.90 bits per heavy atom. The van der Waals surface area contributed by atoms with E-state index in [0.717, 1.165) is 48.2 Å². The van der Waals surface area contributed by atoms with Gasteiger partial charge in [0.15, 0.2) is 5.69 Å². The number of amides is 1. The molecule has 9 nitrogen and oxygen atoms in total. The Labute approximate surface area is 180 Å². The molecule has 1 aliphatic rings. The quantitative estimate of drug-likeness (QED) is 0.478. The maximum absolute atomic E-state index is 11.9. The van der Waals surface area contributed by atoms with Gasteiger partial charge in [-0.3, -0.25) is 4.79 Å². The van der Waals surface area contributed by atoms with Crippen LogP contribution < -0.4 is 22.1 Å². The largest absolute Gasteiger partial charge is 0.379 e. The van der Waals surface area contributed by atoms with Gasteiger partial charge in [0.05, 0.1) is 17.6 Å². The lowest BCUT2D eigenvalue weighted by Gasteiger charge is -2.30. The van der Waals surface area contributed by atoms with Crippen molar-refractivity contribution in [2.45, 2.75) is 44.7 Å². The molecule has 0 spiro atoms. The van der Waals surface area contributed by atoms with E-state index in [9.17, 15) is 4.79 Å². The van der Waals surface area contributed by atoms with Crippen molar-refractivity contribution in [3.63, 3.8) is 0 Å². The molecule has 160 valence electrons. The van der Waals surface area contributed by atoms with Crippen molar-refractivity contribution in [3.05, 3.63) is 54.5 Å². The van der Waals surface area contributed by atoms with Gasteiger partial charge in [-0.15, -0.1) is 0 Å². The van der Waals surface area contributed by atoms with Crippen LogP contribution in [0.5, 0.6) is 0 Å². The van der Waals surface area contributed by atoms with E-state index in [1.165, 1.54) is 6.33 Å². The highest BCUT2D eigenvalue weighted by Crippen LogP contribution is 2.27. The molecular weight excluding hydrogens is 392 g/mol. The van der Waals surface area contributed by atoms with Crippen LogP contribution >= 0.6 is 0 Å². The number of nitrogens with one attached hydrogen (secondary N) is 2. The van der Waals surface area contributed by atoms with E-state index in [-0.39, 0.29) is 17.8 Å². The predicted octanol–water partition coefficient (Wildman–Crippen LogP) is 2.77. The summed E-state index contributed by atoms with van der Waals surface area (Å²) < 4.78 is 0. The maximum Gasteiger partial charge on any atom is 0.269 e. The summed E-state index contributed by atoms with van der Waals surface area (Å²) in [6.45, 7) is 1.91. The molecule has 0 radical (unpaired) electrons. The van der Waals surface area contributed by atoms with Gasteiger partial charge >= 0.3 is 0 Å². The number of hydrogen-bond donors (Lipinski definition) is 4. The molecule has 1 saturated carbocycles. The number of nitrogens with two attached hydrogens (primary N) is 2. The standard InChI is InChI=1S/C22H26N8O/c1-13-16(14-9-25-12-26-10-14)6-7-20(28-13)30-19-8-15(11-27-21(19)22(24)31)29-18-5-3-2-4-17(18)23/h6-12,17-18,29H,2-5,23H2,1H3,(H2,24,31)(H,28,30)/t17-,18+/m0/s1. The predicted molar refractivity (Wildman–Crippen MR) is 120 cm³/mol. The van der Waals surface area contributed by atoms with Crippen molar-refractivity contribution in [3.8, 4) is 11.1 Å². The Kier molecular flexibility index (Phi) is 6.03. The van der Waals surface area contributed by atoms with Crippen LogP contribution in [0.4, 0.5) is 17.2 Å². The molecule has 9 heteroatoms. The third kappa shape index (κ3) is 4.77. The Bertz CT molecular complexity index is 1070. The second kappa shape index (κ2) is 9.05. The molecule has 4 rings (SSSR count). The molecule has 31 heavy (non-hydrogen) atoms. The second-order valence-electron chi connectivity index (χ2n) is 7.77. The molecular formula is C22H26N8O. The van der Waals surface area contributed by atoms with Crippen molar-refractivity contribution in [2.75, 3.05) is 10.6 Å². The number of rotatable bonds is 6. The zero-order chi connectivity index (χ0) is 21.8. The van der Waals surface area contributed by atoms with Crippen LogP contribution in [0.25, 0.3) is 11.1 Å². The van der Waals surface area contributed by atoms with Crippen LogP contribution in [0.3, 0.4) is 0 Å². The number of pyridine rings is 2. The summed E-state index contributed by atoms with van der Waals surface area (Å²) in [5, 5.41) is 6.64. The summed E-state index contributed by atoms with van der Waals surface area (Å²) in [7, 11) is 0. The fourth-order valence-corrected chi connectivity index (χ4v) is 3.90. The normalized spacial score (nSPS) is 18.4. The van der Waals surface area contributed by atoms with Crippen molar-refractivity contribution in [1.29, 1.82) is 0 Å². The summed E-state index contributed by atoms with van der Waals surface area (Å²) in [5.41, 5.74) is 15.8. The zero-order valence-corrected chi connectivity index (χ0v) is 17.4. The monoisotopic (exact) mass is 418 g/mol. The average molecular weight is 419 g/mol. The first-order valence-corrected chi connectivity index (χ1v) is 10.3. The number of anilines is 3. The average Bonchev–Trinajstić information content (AvgIpc) is 2.76. The minimum Gasteiger partial charge on any atom is -0.379 e. The lowest BCUT2D eigenvalue weighted by atomic mass is 9.91. The number of nitrogens with zero attached hydrogens (tertiary/aromatic N) is 4. The summed E-state index contributed by atoms with van der Waals surface area (Å²) >= 11 is 0. The molecule has 3 aromatic heterocycles. The van der Waals surface area contributed by atoms with Crippen molar-refractivity contribution >= 4 is 23.1 Å². The molecule has 1 amide bonds. The van der Waals surface area contributed by atoms with Gasteiger partial charge in [-0.1, -0.05) is 12.8 Å². The number of aryl methyl sites for hydroxylation is 1. The van der Waals surface area contributed by atoms with Gasteiger partial charge in [0.1, 0.15) is 12.1 Å². The summed E-state index contributed by atoms with van der Waals surface area (Å²) in [6, 6.07) is 5.86. The van der Waals surface area contributed by atoms with Crippen LogP contribution in [0.2, 0.25) is 0 Å². The summed E-state index contributed by atoms with van der Waals surface area (Å²) in [5.74, 6) is -0.0351. The highest BCUT2D eigenvalue weighted by molar-refractivity contribution is 5.97. The molecule has 2 atom stereocenters. The summed E-state index contributed by atoms with van der Waals surface area (Å²) in [6.07, 6.45) is 10.9. The van der Waals surface area contributed by atoms with Gasteiger partial charge < -0.3 is 22.1 Å². The van der Waals surface area contributed by atoms with E-state index in [2.05, 4.69) is 30.6 Å². The van der Waals surface area contributed by atoms with E-state index < -0.39 is 5.91 Å². The smallest absolute Gasteiger partial charge is 0.269 e. The molecule has 0 unspecified atom stereocenters. The van der Waals surface area contributed by atoms with Crippen LogP contribution in [0.15, 0.2) is 43.1 Å². The van der Waals surface area contributed by atoms with Crippen LogP contribution in [0, 0.1) is 6.92 Å². The third-order valence-electron chi connectivity index (χ3n) is 5.51. The Hall–Kier alpha value is -3.59. The number of carbonyl (C=O) groups excluding carboxylic acids is 1. The van der Waals surface area contributed by atoms with E-state index >= 15 is 0 Å². The van der Waals surface area contributed by atoms with Crippen molar-refractivity contribution in [1.82, 2.24) is 19.9 Å². The number of hydrogen-bond acceptors (Lipinski definition) is 8. The van der Waals surface area contributed by atoms with Gasteiger partial charge in [0.25, 0.3) is 5.91 Å². The minimum absolute atomic E-state index is 0.0970. The van der Waals surface area contributed by atoms with E-state index in [4.69, 9.17) is 11.5 Å². The molecule has 0 aliphatic heterocycles.